The standard InChI is InChI=1S/C23H23ClN2O3/c1-15-10-12-25(13-11-15)21-20(18-8-3-4-9-19(18)29-2)22(27)26(23(21)28)17-7-5-6-16(24)14-17/h3-9,14-15H,10-13H2,1-2H3. The average molecular weight is 411 g/mol. The van der Waals surface area contributed by atoms with Gasteiger partial charge in [0.15, 0.2) is 0 Å². The number of amides is 2. The van der Waals surface area contributed by atoms with Gasteiger partial charge in [-0.15, -0.1) is 0 Å². The van der Waals surface area contributed by atoms with Crippen molar-refractivity contribution in [2.24, 2.45) is 5.92 Å². The highest BCUT2D eigenvalue weighted by Crippen LogP contribution is 2.39. The van der Waals surface area contributed by atoms with E-state index in [2.05, 4.69) is 6.92 Å². The van der Waals surface area contributed by atoms with Crippen molar-refractivity contribution in [3.63, 3.8) is 0 Å². The minimum absolute atomic E-state index is 0.312. The first kappa shape index (κ1) is 19.5. The lowest BCUT2D eigenvalue weighted by Crippen LogP contribution is -2.38. The lowest BCUT2D eigenvalue weighted by Gasteiger charge is -2.32. The van der Waals surface area contributed by atoms with Gasteiger partial charge in [-0.25, -0.2) is 4.90 Å². The summed E-state index contributed by atoms with van der Waals surface area (Å²) in [5.74, 6) is 0.514. The van der Waals surface area contributed by atoms with Crippen LogP contribution in [0.2, 0.25) is 5.02 Å². The molecule has 2 aromatic rings. The highest BCUT2D eigenvalue weighted by Gasteiger charge is 2.43. The van der Waals surface area contributed by atoms with Gasteiger partial charge < -0.3 is 9.64 Å². The third-order valence-electron chi connectivity index (χ3n) is 5.60. The summed E-state index contributed by atoms with van der Waals surface area (Å²) in [6.07, 6.45) is 1.97. The number of halogens is 1. The highest BCUT2D eigenvalue weighted by molar-refractivity contribution is 6.46. The minimum atomic E-state index is -0.351. The normalized spacial score (nSPS) is 18.0. The van der Waals surface area contributed by atoms with E-state index in [-0.39, 0.29) is 11.8 Å². The number of likely N-dealkylation sites (tertiary alicyclic amines) is 1. The Kier molecular flexibility index (Phi) is 5.33. The van der Waals surface area contributed by atoms with E-state index in [0.29, 0.717) is 39.2 Å². The number of carbonyl (C=O) groups excluding carboxylic acids is 2. The third kappa shape index (κ3) is 3.51. The summed E-state index contributed by atoms with van der Waals surface area (Å²) in [7, 11) is 1.57. The Morgan fingerprint density at radius 1 is 1.00 bits per heavy atom. The van der Waals surface area contributed by atoms with Crippen LogP contribution in [-0.2, 0) is 9.59 Å². The molecule has 2 aliphatic rings. The van der Waals surface area contributed by atoms with Crippen molar-refractivity contribution in [3.05, 3.63) is 64.8 Å². The van der Waals surface area contributed by atoms with Crippen molar-refractivity contribution >= 4 is 34.7 Å². The fourth-order valence-electron chi connectivity index (χ4n) is 3.99. The molecule has 4 rings (SSSR count). The molecule has 0 aliphatic carbocycles. The van der Waals surface area contributed by atoms with Crippen LogP contribution in [0.15, 0.2) is 54.2 Å². The van der Waals surface area contributed by atoms with Gasteiger partial charge in [-0.3, -0.25) is 9.59 Å². The molecule has 0 atom stereocenters. The molecular weight excluding hydrogens is 388 g/mol. The summed E-state index contributed by atoms with van der Waals surface area (Å²) in [6.45, 7) is 3.71. The maximum absolute atomic E-state index is 13.5. The smallest absolute Gasteiger partial charge is 0.282 e. The number of para-hydroxylation sites is 1. The number of hydrogen-bond acceptors (Lipinski definition) is 4. The molecule has 0 spiro atoms. The first-order valence-corrected chi connectivity index (χ1v) is 10.2. The Labute approximate surface area is 175 Å². The largest absolute Gasteiger partial charge is 0.496 e. The highest BCUT2D eigenvalue weighted by atomic mass is 35.5. The number of ether oxygens (including phenoxy) is 1. The molecule has 6 heteroatoms. The van der Waals surface area contributed by atoms with Gasteiger partial charge >= 0.3 is 0 Å². The van der Waals surface area contributed by atoms with Crippen LogP contribution >= 0.6 is 11.6 Å². The molecule has 1 saturated heterocycles. The van der Waals surface area contributed by atoms with Gasteiger partial charge in [0.2, 0.25) is 0 Å². The van der Waals surface area contributed by atoms with E-state index >= 15 is 0 Å². The number of benzene rings is 2. The van der Waals surface area contributed by atoms with Crippen molar-refractivity contribution in [2.75, 3.05) is 25.1 Å². The molecule has 150 valence electrons. The van der Waals surface area contributed by atoms with Gasteiger partial charge in [0.1, 0.15) is 11.4 Å². The Balaban J connectivity index is 1.85. The van der Waals surface area contributed by atoms with Gasteiger partial charge in [-0.1, -0.05) is 42.8 Å². The zero-order chi connectivity index (χ0) is 20.5. The van der Waals surface area contributed by atoms with Crippen LogP contribution in [0.25, 0.3) is 5.57 Å². The number of nitrogens with zero attached hydrogens (tertiary/aromatic N) is 2. The molecule has 0 saturated carbocycles. The second-order valence-electron chi connectivity index (χ2n) is 7.52. The van der Waals surface area contributed by atoms with Gasteiger partial charge in [-0.2, -0.15) is 0 Å². The van der Waals surface area contributed by atoms with Crippen molar-refractivity contribution in [1.82, 2.24) is 4.90 Å². The maximum atomic E-state index is 13.5. The van der Waals surface area contributed by atoms with Gasteiger partial charge in [0, 0.05) is 23.7 Å². The predicted octanol–water partition coefficient (Wildman–Crippen LogP) is 4.37. The molecule has 2 heterocycles. The average Bonchev–Trinajstić information content (AvgIpc) is 2.98. The van der Waals surface area contributed by atoms with Gasteiger partial charge in [0.05, 0.1) is 18.4 Å². The lowest BCUT2D eigenvalue weighted by atomic mass is 9.97. The van der Waals surface area contributed by atoms with Crippen molar-refractivity contribution < 1.29 is 14.3 Å². The minimum Gasteiger partial charge on any atom is -0.496 e. The van der Waals surface area contributed by atoms with E-state index in [9.17, 15) is 9.59 Å². The zero-order valence-electron chi connectivity index (χ0n) is 16.5. The molecule has 2 aromatic carbocycles. The number of hydrogen-bond donors (Lipinski definition) is 0. The summed E-state index contributed by atoms with van der Waals surface area (Å²) in [5, 5.41) is 0.474. The summed E-state index contributed by atoms with van der Waals surface area (Å²) >= 11 is 6.13. The zero-order valence-corrected chi connectivity index (χ0v) is 17.3. The molecular formula is C23H23ClN2O3. The fraction of sp³-hybridized carbons (Fsp3) is 0.304. The number of methoxy groups -OCH3 is 1. The van der Waals surface area contributed by atoms with Crippen LogP contribution in [-0.4, -0.2) is 36.9 Å². The lowest BCUT2D eigenvalue weighted by molar-refractivity contribution is -0.120. The molecule has 0 unspecified atom stereocenters. The van der Waals surface area contributed by atoms with Crippen LogP contribution in [0.4, 0.5) is 5.69 Å². The summed E-state index contributed by atoms with van der Waals surface area (Å²) < 4.78 is 5.50. The van der Waals surface area contributed by atoms with E-state index < -0.39 is 0 Å². The molecule has 29 heavy (non-hydrogen) atoms. The Morgan fingerprint density at radius 2 is 1.72 bits per heavy atom. The Hall–Kier alpha value is -2.79. The SMILES string of the molecule is COc1ccccc1C1=C(N2CCC(C)CC2)C(=O)N(c2cccc(Cl)c2)C1=O. The van der Waals surface area contributed by atoms with Gasteiger partial charge in [0.25, 0.3) is 11.8 Å². The first-order valence-electron chi connectivity index (χ1n) is 9.78. The van der Waals surface area contributed by atoms with E-state index in [1.54, 1.807) is 37.4 Å². The monoisotopic (exact) mass is 410 g/mol. The van der Waals surface area contributed by atoms with E-state index in [0.717, 1.165) is 25.9 Å². The number of anilines is 1. The fourth-order valence-corrected chi connectivity index (χ4v) is 4.17. The van der Waals surface area contributed by atoms with Gasteiger partial charge in [-0.05, 0) is 43.0 Å². The molecule has 1 fully saturated rings. The quantitative estimate of drug-likeness (QED) is 0.702. The first-order chi connectivity index (χ1) is 14.0. The maximum Gasteiger partial charge on any atom is 0.282 e. The van der Waals surface area contributed by atoms with Crippen LogP contribution in [0.3, 0.4) is 0 Å². The predicted molar refractivity (Wildman–Crippen MR) is 114 cm³/mol. The van der Waals surface area contributed by atoms with Crippen LogP contribution in [0.1, 0.15) is 25.3 Å². The van der Waals surface area contributed by atoms with Crippen molar-refractivity contribution in [1.29, 1.82) is 0 Å². The van der Waals surface area contributed by atoms with Crippen molar-refractivity contribution in [3.8, 4) is 5.75 Å². The topological polar surface area (TPSA) is 49.9 Å². The van der Waals surface area contributed by atoms with E-state index in [1.165, 1.54) is 4.90 Å². The second kappa shape index (κ2) is 7.91. The number of rotatable bonds is 4. The summed E-state index contributed by atoms with van der Waals surface area (Å²) in [4.78, 5) is 30.3. The van der Waals surface area contributed by atoms with E-state index in [4.69, 9.17) is 16.3 Å². The van der Waals surface area contributed by atoms with Crippen LogP contribution in [0, 0.1) is 5.92 Å². The second-order valence-corrected chi connectivity index (χ2v) is 7.96. The third-order valence-corrected chi connectivity index (χ3v) is 5.84. The number of piperidine rings is 1. The molecule has 0 N–H and O–H groups in total. The molecule has 2 aliphatic heterocycles. The van der Waals surface area contributed by atoms with E-state index in [1.807, 2.05) is 23.1 Å². The molecule has 0 bridgehead atoms. The molecule has 0 radical (unpaired) electrons. The number of imide groups is 1. The molecule has 0 aromatic heterocycles. The summed E-state index contributed by atoms with van der Waals surface area (Å²) in [6, 6.07) is 14.1. The number of carbonyl (C=O) groups is 2. The van der Waals surface area contributed by atoms with Crippen LogP contribution < -0.4 is 9.64 Å². The summed E-state index contributed by atoms with van der Waals surface area (Å²) in [5.41, 5.74) is 1.94. The van der Waals surface area contributed by atoms with Crippen LogP contribution in [0.5, 0.6) is 5.75 Å². The molecule has 5 nitrogen and oxygen atoms in total. The molecule has 2 amide bonds. The Morgan fingerprint density at radius 3 is 2.41 bits per heavy atom. The van der Waals surface area contributed by atoms with Crippen molar-refractivity contribution in [2.45, 2.75) is 19.8 Å². The Bertz CT molecular complexity index is 993.